The fourth-order valence-corrected chi connectivity index (χ4v) is 3.91. The second kappa shape index (κ2) is 11.4. The summed E-state index contributed by atoms with van der Waals surface area (Å²) < 4.78 is 26.0. The third kappa shape index (κ3) is 6.22. The first kappa shape index (κ1) is 24.2. The lowest BCUT2D eigenvalue weighted by atomic mass is 10.2. The van der Waals surface area contributed by atoms with Gasteiger partial charge in [-0.05, 0) is 26.2 Å². The molecule has 0 bridgehead atoms. The highest BCUT2D eigenvalue weighted by Crippen LogP contribution is 2.29. The molecule has 3 N–H and O–H groups in total. The fourth-order valence-electron chi connectivity index (χ4n) is 2.35. The topological polar surface area (TPSA) is 132 Å². The molecule has 0 aliphatic rings. The predicted molar refractivity (Wildman–Crippen MR) is 120 cm³/mol. The van der Waals surface area contributed by atoms with Crippen LogP contribution in [0.5, 0.6) is 11.6 Å². The molecule has 31 heavy (non-hydrogen) atoms. The SMILES string of the molecule is COc1cc(OC)c(C#N)c(NC(=O)NNSN(C)c2ccccc2S(=O)N(C)C)n1. The summed E-state index contributed by atoms with van der Waals surface area (Å²) in [7, 11) is 6.68. The van der Waals surface area contributed by atoms with Crippen LogP contribution in [0.1, 0.15) is 5.56 Å². The fraction of sp³-hybridized carbons (Fsp3) is 0.278. The first-order valence-corrected chi connectivity index (χ1v) is 10.6. The first-order chi connectivity index (χ1) is 14.8. The molecule has 13 heteroatoms. The highest BCUT2D eigenvalue weighted by Gasteiger charge is 2.17. The Kier molecular flexibility index (Phi) is 8.88. The van der Waals surface area contributed by atoms with Gasteiger partial charge in [0.2, 0.25) is 5.88 Å². The van der Waals surface area contributed by atoms with Crippen molar-refractivity contribution in [2.45, 2.75) is 4.90 Å². The summed E-state index contributed by atoms with van der Waals surface area (Å²) in [5, 5.41) is 11.8. The molecule has 0 saturated carbocycles. The molecule has 2 amide bonds. The Hall–Kier alpha value is -3.05. The highest BCUT2D eigenvalue weighted by atomic mass is 32.2. The van der Waals surface area contributed by atoms with Crippen molar-refractivity contribution in [3.63, 3.8) is 0 Å². The van der Waals surface area contributed by atoms with Gasteiger partial charge in [0.1, 0.15) is 28.4 Å². The number of ether oxygens (including phenoxy) is 2. The molecule has 1 atom stereocenters. The third-order valence-corrected chi connectivity index (χ3v) is 5.85. The van der Waals surface area contributed by atoms with Crippen LogP contribution in [0.3, 0.4) is 0 Å². The molecule has 1 heterocycles. The monoisotopic (exact) mass is 465 g/mol. The van der Waals surface area contributed by atoms with E-state index in [4.69, 9.17) is 9.47 Å². The maximum absolute atomic E-state index is 12.5. The standard InChI is InChI=1S/C18H23N7O4S2/c1-24(2)31(27)15-9-7-6-8-13(15)25(3)30-23-22-18(26)21-17-12(11-19)14(28-4)10-16(20-17)29-5/h6-10,23H,1-5H3,(H2,20,21,22,26). The lowest BCUT2D eigenvalue weighted by Crippen LogP contribution is -2.38. The van der Waals surface area contributed by atoms with Gasteiger partial charge in [0.05, 0.1) is 36.9 Å². The number of carbonyl (C=O) groups excluding carboxylic acids is 1. The quantitative estimate of drug-likeness (QED) is 0.375. The van der Waals surface area contributed by atoms with Crippen molar-refractivity contribution in [2.75, 3.05) is 45.0 Å². The van der Waals surface area contributed by atoms with Crippen molar-refractivity contribution >= 4 is 40.7 Å². The number of para-hydroxylation sites is 1. The molecule has 11 nitrogen and oxygen atoms in total. The second-order valence-corrected chi connectivity index (χ2v) is 8.60. The minimum atomic E-state index is -1.33. The number of nitrogens with one attached hydrogen (secondary N) is 3. The summed E-state index contributed by atoms with van der Waals surface area (Å²) in [5.41, 5.74) is 3.20. The minimum Gasteiger partial charge on any atom is -0.495 e. The highest BCUT2D eigenvalue weighted by molar-refractivity contribution is 7.98. The van der Waals surface area contributed by atoms with Crippen molar-refractivity contribution in [1.29, 1.82) is 5.26 Å². The van der Waals surface area contributed by atoms with E-state index in [1.54, 1.807) is 41.9 Å². The number of anilines is 2. The third-order valence-electron chi connectivity index (χ3n) is 3.80. The molecule has 1 aromatic carbocycles. The van der Waals surface area contributed by atoms with Gasteiger partial charge in [0.25, 0.3) is 0 Å². The molecule has 1 unspecified atom stereocenters. The van der Waals surface area contributed by atoms with E-state index in [9.17, 15) is 14.3 Å². The van der Waals surface area contributed by atoms with E-state index in [1.807, 2.05) is 18.2 Å². The number of methoxy groups -OCH3 is 2. The van der Waals surface area contributed by atoms with Gasteiger partial charge in [-0.3, -0.25) is 10.7 Å². The number of hydrazine groups is 1. The molecular weight excluding hydrogens is 442 g/mol. The zero-order chi connectivity index (χ0) is 23.0. The molecule has 0 spiro atoms. The van der Waals surface area contributed by atoms with Crippen LogP contribution in [-0.4, -0.2) is 54.9 Å². The van der Waals surface area contributed by atoms with E-state index >= 15 is 0 Å². The smallest absolute Gasteiger partial charge is 0.335 e. The second-order valence-electron chi connectivity index (χ2n) is 6.00. The summed E-state index contributed by atoms with van der Waals surface area (Å²) >= 11 is 1.06. The number of urea groups is 1. The molecular formula is C18H23N7O4S2. The lowest BCUT2D eigenvalue weighted by Gasteiger charge is -2.22. The van der Waals surface area contributed by atoms with Crippen molar-refractivity contribution in [1.82, 2.24) is 19.5 Å². The summed E-state index contributed by atoms with van der Waals surface area (Å²) in [6.45, 7) is 0. The van der Waals surface area contributed by atoms with Crippen molar-refractivity contribution in [3.05, 3.63) is 35.9 Å². The lowest BCUT2D eigenvalue weighted by molar-refractivity contribution is 0.251. The molecule has 2 aromatic rings. The van der Waals surface area contributed by atoms with E-state index in [2.05, 4.69) is 20.6 Å². The number of nitriles is 1. The molecule has 0 fully saturated rings. The predicted octanol–water partition coefficient (Wildman–Crippen LogP) is 1.88. The first-order valence-electron chi connectivity index (χ1n) is 8.76. The number of carbonyl (C=O) groups is 1. The van der Waals surface area contributed by atoms with Crippen LogP contribution in [0.4, 0.5) is 16.3 Å². The molecule has 0 saturated heterocycles. The van der Waals surface area contributed by atoms with Gasteiger partial charge in [-0.1, -0.05) is 12.1 Å². The number of pyridine rings is 1. The Labute approximate surface area is 187 Å². The maximum Gasteiger partial charge on any atom is 0.335 e. The number of nitrogens with zero attached hydrogens (tertiary/aromatic N) is 4. The van der Waals surface area contributed by atoms with Crippen LogP contribution in [0.2, 0.25) is 0 Å². The molecule has 1 aromatic heterocycles. The van der Waals surface area contributed by atoms with Gasteiger partial charge in [-0.15, -0.1) is 0 Å². The van der Waals surface area contributed by atoms with E-state index in [1.165, 1.54) is 20.3 Å². The van der Waals surface area contributed by atoms with E-state index in [0.717, 1.165) is 12.1 Å². The van der Waals surface area contributed by atoms with Crippen LogP contribution in [0.15, 0.2) is 35.2 Å². The number of hydrogen-bond donors (Lipinski definition) is 3. The molecule has 166 valence electrons. The van der Waals surface area contributed by atoms with Crippen LogP contribution in [-0.2, 0) is 11.0 Å². The Morgan fingerprint density at radius 1 is 1.23 bits per heavy atom. The Bertz CT molecular complexity index is 997. The summed E-state index contributed by atoms with van der Waals surface area (Å²) in [6, 6.07) is 9.95. The average molecular weight is 466 g/mol. The summed E-state index contributed by atoms with van der Waals surface area (Å²) in [4.78, 5) is 19.6. The van der Waals surface area contributed by atoms with Gasteiger partial charge >= 0.3 is 6.03 Å². The van der Waals surface area contributed by atoms with Crippen molar-refractivity contribution in [3.8, 4) is 17.7 Å². The molecule has 2 rings (SSSR count). The Morgan fingerprint density at radius 2 is 1.94 bits per heavy atom. The number of hydrogen-bond acceptors (Lipinski definition) is 9. The number of rotatable bonds is 9. The van der Waals surface area contributed by atoms with Crippen molar-refractivity contribution < 1.29 is 18.5 Å². The van der Waals surface area contributed by atoms with Gasteiger partial charge in [-0.25, -0.2) is 13.3 Å². The van der Waals surface area contributed by atoms with Crippen LogP contribution >= 0.6 is 12.1 Å². The minimum absolute atomic E-state index is 0.0110. The summed E-state index contributed by atoms with van der Waals surface area (Å²) in [6.07, 6.45) is 0. The molecule has 0 radical (unpaired) electrons. The van der Waals surface area contributed by atoms with Crippen LogP contribution in [0.25, 0.3) is 0 Å². The average Bonchev–Trinajstić information content (AvgIpc) is 2.77. The largest absolute Gasteiger partial charge is 0.495 e. The molecule has 0 aliphatic heterocycles. The van der Waals surface area contributed by atoms with Gasteiger partial charge in [0, 0.05) is 13.1 Å². The van der Waals surface area contributed by atoms with Crippen LogP contribution in [0, 0.1) is 11.3 Å². The van der Waals surface area contributed by atoms with E-state index < -0.39 is 17.0 Å². The number of aromatic nitrogens is 1. The Balaban J connectivity index is 2.03. The van der Waals surface area contributed by atoms with E-state index in [-0.39, 0.29) is 23.0 Å². The van der Waals surface area contributed by atoms with Gasteiger partial charge in [0.15, 0.2) is 5.82 Å². The van der Waals surface area contributed by atoms with Gasteiger partial charge < -0.3 is 13.8 Å². The zero-order valence-corrected chi connectivity index (χ0v) is 19.3. The molecule has 0 aliphatic carbocycles. The Morgan fingerprint density at radius 3 is 2.55 bits per heavy atom. The zero-order valence-electron chi connectivity index (χ0n) is 17.6. The van der Waals surface area contributed by atoms with E-state index in [0.29, 0.717) is 10.6 Å². The number of benzene rings is 1. The van der Waals surface area contributed by atoms with Crippen LogP contribution < -0.4 is 29.4 Å². The van der Waals surface area contributed by atoms with Gasteiger partial charge in [-0.2, -0.15) is 15.1 Å². The normalized spacial score (nSPS) is 11.4. The summed E-state index contributed by atoms with van der Waals surface area (Å²) in [5.74, 6) is 0.388. The number of amides is 2. The van der Waals surface area contributed by atoms with Crippen molar-refractivity contribution in [2.24, 2.45) is 0 Å². The maximum atomic E-state index is 12.5.